The van der Waals surface area contributed by atoms with Gasteiger partial charge < -0.3 is 13.9 Å². The monoisotopic (exact) mass is 320 g/mol. The highest BCUT2D eigenvalue weighted by atomic mass is 16.4. The van der Waals surface area contributed by atoms with Crippen molar-refractivity contribution in [3.63, 3.8) is 0 Å². The number of hydrogen-bond donors (Lipinski definition) is 0. The van der Waals surface area contributed by atoms with Crippen LogP contribution >= 0.6 is 0 Å². The fourth-order valence-corrected chi connectivity index (χ4v) is 5.19. The lowest BCUT2D eigenvalue weighted by Crippen LogP contribution is -2.40. The van der Waals surface area contributed by atoms with E-state index in [4.69, 9.17) is 4.42 Å². The van der Waals surface area contributed by atoms with Gasteiger partial charge >= 0.3 is 0 Å². The van der Waals surface area contributed by atoms with Gasteiger partial charge in [0.05, 0.1) is 11.6 Å². The zero-order valence-electron chi connectivity index (χ0n) is 14.7. The third-order valence-corrected chi connectivity index (χ3v) is 6.24. The van der Waals surface area contributed by atoms with Gasteiger partial charge in [-0.3, -0.25) is 0 Å². The number of aromatic nitrogens is 1. The highest BCUT2D eigenvalue weighted by molar-refractivity contribution is 5.84. The van der Waals surface area contributed by atoms with Crippen LogP contribution in [0.5, 0.6) is 0 Å². The van der Waals surface area contributed by atoms with Gasteiger partial charge in [0, 0.05) is 29.9 Å². The normalized spacial score (nSPS) is 22.0. The molecular weight excluding hydrogens is 296 g/mol. The van der Waals surface area contributed by atoms with Crippen LogP contribution in [0.3, 0.4) is 0 Å². The number of aryl methyl sites for hydroxylation is 2. The first-order valence-electron chi connectivity index (χ1n) is 9.07. The average Bonchev–Trinajstić information content (AvgIpc) is 3.29. The molecule has 3 heterocycles. The van der Waals surface area contributed by atoms with Gasteiger partial charge in [0.25, 0.3) is 0 Å². The highest BCUT2D eigenvalue weighted by Gasteiger charge is 2.54. The van der Waals surface area contributed by atoms with Gasteiger partial charge in [-0.15, -0.1) is 0 Å². The van der Waals surface area contributed by atoms with Crippen LogP contribution in [-0.4, -0.2) is 4.57 Å². The Morgan fingerprint density at radius 1 is 1.12 bits per heavy atom. The Bertz CT molecular complexity index is 927. The zero-order valence-corrected chi connectivity index (χ0v) is 14.7. The molecule has 1 spiro atoms. The third-order valence-electron chi connectivity index (χ3n) is 6.24. The van der Waals surface area contributed by atoms with Crippen molar-refractivity contribution in [3.05, 3.63) is 53.4 Å². The number of anilines is 1. The summed E-state index contributed by atoms with van der Waals surface area (Å²) in [5.41, 5.74) is 5.20. The number of furan rings is 1. The molecule has 1 aromatic carbocycles. The molecule has 1 unspecified atom stereocenters. The Kier molecular flexibility index (Phi) is 2.77. The van der Waals surface area contributed by atoms with E-state index in [0.717, 1.165) is 5.71 Å². The summed E-state index contributed by atoms with van der Waals surface area (Å²) in [6.07, 6.45) is 7.06. The Morgan fingerprint density at radius 2 is 1.88 bits per heavy atom. The first-order valence-corrected chi connectivity index (χ1v) is 9.07. The molecule has 2 aromatic heterocycles. The summed E-state index contributed by atoms with van der Waals surface area (Å²) >= 11 is 0. The Morgan fingerprint density at radius 3 is 2.62 bits per heavy atom. The summed E-state index contributed by atoms with van der Waals surface area (Å²) in [6, 6.07) is 11.4. The molecule has 3 aromatic rings. The minimum absolute atomic E-state index is 0.0416. The lowest BCUT2D eigenvalue weighted by molar-refractivity contribution is 0.344. The molecule has 0 amide bonds. The molecule has 1 saturated carbocycles. The van der Waals surface area contributed by atoms with Crippen molar-refractivity contribution in [3.8, 4) is 0 Å². The van der Waals surface area contributed by atoms with Gasteiger partial charge in [-0.25, -0.2) is 0 Å². The maximum absolute atomic E-state index is 6.50. The van der Waals surface area contributed by atoms with Gasteiger partial charge in [0.15, 0.2) is 0 Å². The smallest absolute Gasteiger partial charge is 0.207 e. The molecule has 24 heavy (non-hydrogen) atoms. The Hall–Kier alpha value is -2.16. The van der Waals surface area contributed by atoms with Crippen LogP contribution in [0.15, 0.2) is 40.9 Å². The molecule has 3 heteroatoms. The second-order valence-corrected chi connectivity index (χ2v) is 7.56. The Labute approximate surface area is 142 Å². The molecule has 0 saturated heterocycles. The first-order chi connectivity index (χ1) is 11.6. The molecule has 3 nitrogen and oxygen atoms in total. The van der Waals surface area contributed by atoms with E-state index in [-0.39, 0.29) is 5.54 Å². The molecule has 1 aliphatic heterocycles. The van der Waals surface area contributed by atoms with Crippen LogP contribution < -0.4 is 4.90 Å². The van der Waals surface area contributed by atoms with Gasteiger partial charge in [-0.1, -0.05) is 31.0 Å². The van der Waals surface area contributed by atoms with Crippen molar-refractivity contribution < 1.29 is 4.42 Å². The van der Waals surface area contributed by atoms with Crippen molar-refractivity contribution in [1.82, 2.24) is 4.57 Å². The van der Waals surface area contributed by atoms with E-state index in [2.05, 4.69) is 66.9 Å². The summed E-state index contributed by atoms with van der Waals surface area (Å²) in [5.74, 6) is 1.23. The predicted octanol–water partition coefficient (Wildman–Crippen LogP) is 5.43. The molecule has 0 radical (unpaired) electrons. The van der Waals surface area contributed by atoms with E-state index < -0.39 is 0 Å². The summed E-state index contributed by atoms with van der Waals surface area (Å²) in [7, 11) is 2.08. The van der Waals surface area contributed by atoms with E-state index in [1.54, 1.807) is 0 Å². The van der Waals surface area contributed by atoms with Crippen LogP contribution in [0.2, 0.25) is 0 Å². The lowest BCUT2D eigenvalue weighted by Gasteiger charge is -2.40. The van der Waals surface area contributed by atoms with Crippen molar-refractivity contribution in [2.45, 2.75) is 51.1 Å². The minimum Gasteiger partial charge on any atom is -0.442 e. The zero-order chi connectivity index (χ0) is 16.5. The van der Waals surface area contributed by atoms with Crippen molar-refractivity contribution in [2.24, 2.45) is 7.05 Å². The topological polar surface area (TPSA) is 21.3 Å². The molecular formula is C21H24N2O. The van der Waals surface area contributed by atoms with E-state index >= 15 is 0 Å². The van der Waals surface area contributed by atoms with Gasteiger partial charge in [-0.2, -0.15) is 0 Å². The van der Waals surface area contributed by atoms with Crippen LogP contribution in [0.4, 0.5) is 5.69 Å². The number of fused-ring (bicyclic) bond motifs is 4. The number of benzene rings is 1. The van der Waals surface area contributed by atoms with Gasteiger partial charge in [0.1, 0.15) is 5.76 Å². The van der Waals surface area contributed by atoms with Gasteiger partial charge in [0.2, 0.25) is 5.71 Å². The summed E-state index contributed by atoms with van der Waals surface area (Å²) < 4.78 is 8.61. The van der Waals surface area contributed by atoms with Crippen molar-refractivity contribution in [1.29, 1.82) is 0 Å². The van der Waals surface area contributed by atoms with Crippen LogP contribution in [-0.2, 0) is 12.6 Å². The average molecular weight is 320 g/mol. The second-order valence-electron chi connectivity index (χ2n) is 7.56. The van der Waals surface area contributed by atoms with E-state index in [0.29, 0.717) is 6.04 Å². The van der Waals surface area contributed by atoms with Crippen molar-refractivity contribution in [2.75, 3.05) is 4.90 Å². The van der Waals surface area contributed by atoms with E-state index in [1.807, 2.05) is 0 Å². The molecule has 1 atom stereocenters. The van der Waals surface area contributed by atoms with Crippen LogP contribution in [0.1, 0.15) is 55.5 Å². The van der Waals surface area contributed by atoms with E-state index in [9.17, 15) is 0 Å². The maximum atomic E-state index is 6.50. The second kappa shape index (κ2) is 4.69. The number of hydrogen-bond acceptors (Lipinski definition) is 2. The van der Waals surface area contributed by atoms with Crippen LogP contribution in [0, 0.1) is 6.92 Å². The maximum Gasteiger partial charge on any atom is 0.207 e. The Balaban J connectivity index is 1.79. The predicted molar refractivity (Wildman–Crippen MR) is 97.4 cm³/mol. The highest BCUT2D eigenvalue weighted by Crippen LogP contribution is 2.59. The lowest BCUT2D eigenvalue weighted by atomic mass is 9.93. The largest absolute Gasteiger partial charge is 0.442 e. The fourth-order valence-electron chi connectivity index (χ4n) is 5.19. The summed E-state index contributed by atoms with van der Waals surface area (Å²) in [6.45, 7) is 4.57. The molecule has 2 aliphatic rings. The standard InChI is InChI=1S/C21H24N2O/c1-14-8-4-5-9-17(14)23-15(2)18-16-10-13-22(3)20(16)24-19(18)21(23)11-6-7-12-21/h4-5,8-10,13,15H,6-7,11-12H2,1-3H3. The van der Waals surface area contributed by atoms with Crippen LogP contribution in [0.25, 0.3) is 11.1 Å². The number of nitrogens with zero attached hydrogens (tertiary/aromatic N) is 2. The summed E-state index contributed by atoms with van der Waals surface area (Å²) in [5, 5.41) is 1.29. The summed E-state index contributed by atoms with van der Waals surface area (Å²) in [4.78, 5) is 2.66. The molecule has 0 bridgehead atoms. The number of rotatable bonds is 1. The molecule has 0 N–H and O–H groups in total. The molecule has 5 rings (SSSR count). The minimum atomic E-state index is 0.0416. The SMILES string of the molecule is Cc1ccccc1N1C(C)c2c(oc3c2ccn3C)C12CCCC2. The fraction of sp³-hybridized carbons (Fsp3) is 0.429. The first kappa shape index (κ1) is 14.2. The molecule has 1 fully saturated rings. The van der Waals surface area contributed by atoms with Gasteiger partial charge in [-0.05, 0) is 44.4 Å². The molecule has 1 aliphatic carbocycles. The quantitative estimate of drug-likeness (QED) is 0.596. The molecule has 124 valence electrons. The van der Waals surface area contributed by atoms with E-state index in [1.165, 1.54) is 53.6 Å². The third kappa shape index (κ3) is 1.58. The van der Waals surface area contributed by atoms with Crippen molar-refractivity contribution >= 4 is 16.8 Å². The number of para-hydroxylation sites is 1.